The van der Waals surface area contributed by atoms with Crippen LogP contribution < -0.4 is 5.56 Å². The van der Waals surface area contributed by atoms with Crippen molar-refractivity contribution in [2.24, 2.45) is 0 Å². The summed E-state index contributed by atoms with van der Waals surface area (Å²) < 4.78 is 16.4. The number of benzene rings is 1. The van der Waals surface area contributed by atoms with Crippen LogP contribution in [-0.2, 0) is 20.8 Å². The Morgan fingerprint density at radius 3 is 2.62 bits per heavy atom. The van der Waals surface area contributed by atoms with Gasteiger partial charge in [0, 0.05) is 13.7 Å². The van der Waals surface area contributed by atoms with E-state index in [1.807, 2.05) is 37.4 Å². The van der Waals surface area contributed by atoms with Gasteiger partial charge in [-0.05, 0) is 44.7 Å². The first kappa shape index (κ1) is 19.2. The first-order valence-electron chi connectivity index (χ1n) is 10.6. The van der Waals surface area contributed by atoms with E-state index in [1.54, 1.807) is 22.4 Å². The summed E-state index contributed by atoms with van der Waals surface area (Å²) in [5, 5.41) is 17.8. The average molecular weight is 431 g/mol. The van der Waals surface area contributed by atoms with Gasteiger partial charge in [-0.1, -0.05) is 17.3 Å². The fourth-order valence-electron chi connectivity index (χ4n) is 4.96. The lowest BCUT2D eigenvalue weighted by Crippen LogP contribution is -2.39. The van der Waals surface area contributed by atoms with Gasteiger partial charge in [-0.25, -0.2) is 4.98 Å². The number of para-hydroxylation sites is 2. The fraction of sp³-hybridized carbons (Fsp3) is 0.409. The largest absolute Gasteiger partial charge is 0.372 e. The molecule has 0 radical (unpaired) electrons. The van der Waals surface area contributed by atoms with Crippen LogP contribution in [0.1, 0.15) is 38.3 Å². The molecule has 4 aromatic rings. The van der Waals surface area contributed by atoms with E-state index in [9.17, 15) is 10.1 Å². The quantitative estimate of drug-likeness (QED) is 0.487. The Bertz CT molecular complexity index is 1480. The zero-order valence-corrected chi connectivity index (χ0v) is 17.8. The highest BCUT2D eigenvalue weighted by Gasteiger charge is 2.51. The molecule has 1 aliphatic carbocycles. The van der Waals surface area contributed by atoms with E-state index in [-0.39, 0.29) is 5.56 Å². The van der Waals surface area contributed by atoms with E-state index in [1.165, 1.54) is 0 Å². The van der Waals surface area contributed by atoms with Gasteiger partial charge in [-0.2, -0.15) is 5.26 Å². The van der Waals surface area contributed by atoms with E-state index in [0.29, 0.717) is 29.2 Å². The number of aromatic nitrogens is 6. The molecule has 6 rings (SSSR count). The van der Waals surface area contributed by atoms with Gasteiger partial charge < -0.3 is 9.47 Å². The summed E-state index contributed by atoms with van der Waals surface area (Å²) in [6.07, 6.45) is 6.77. The van der Waals surface area contributed by atoms with E-state index in [0.717, 1.165) is 41.4 Å². The molecule has 4 heterocycles. The Labute approximate surface area is 182 Å². The molecule has 0 spiro atoms. The van der Waals surface area contributed by atoms with Crippen LogP contribution in [0.25, 0.3) is 27.9 Å². The first-order valence-corrected chi connectivity index (χ1v) is 10.6. The van der Waals surface area contributed by atoms with Gasteiger partial charge in [0.2, 0.25) is 6.19 Å². The van der Waals surface area contributed by atoms with Crippen molar-refractivity contribution in [3.05, 3.63) is 46.6 Å². The maximum atomic E-state index is 14.0. The second-order valence-corrected chi connectivity index (χ2v) is 8.56. The molecule has 2 fully saturated rings. The highest BCUT2D eigenvalue weighted by Crippen LogP contribution is 2.51. The summed E-state index contributed by atoms with van der Waals surface area (Å²) in [7, 11) is 1.61. The maximum absolute atomic E-state index is 14.0. The minimum Gasteiger partial charge on any atom is -0.372 e. The van der Waals surface area contributed by atoms with Crippen molar-refractivity contribution in [3.8, 4) is 17.6 Å². The molecular formula is C22H21N7O3. The van der Waals surface area contributed by atoms with Crippen LogP contribution in [0, 0.1) is 11.5 Å². The zero-order valence-electron chi connectivity index (χ0n) is 17.8. The van der Waals surface area contributed by atoms with Gasteiger partial charge in [0.15, 0.2) is 0 Å². The molecule has 1 saturated heterocycles. The smallest absolute Gasteiger partial charge is 0.280 e. The van der Waals surface area contributed by atoms with E-state index >= 15 is 0 Å². The molecule has 10 heteroatoms. The maximum Gasteiger partial charge on any atom is 0.280 e. The van der Waals surface area contributed by atoms with Crippen molar-refractivity contribution in [1.82, 2.24) is 28.9 Å². The van der Waals surface area contributed by atoms with Crippen LogP contribution in [-0.4, -0.2) is 42.7 Å². The topological polar surface area (TPSA) is 112 Å². The Kier molecular flexibility index (Phi) is 3.88. The van der Waals surface area contributed by atoms with Crippen molar-refractivity contribution in [2.45, 2.75) is 43.9 Å². The number of nitriles is 1. The van der Waals surface area contributed by atoms with Gasteiger partial charge in [-0.15, -0.1) is 9.78 Å². The summed E-state index contributed by atoms with van der Waals surface area (Å²) in [5.41, 5.74) is 1.68. The van der Waals surface area contributed by atoms with Gasteiger partial charge >= 0.3 is 0 Å². The Hall–Kier alpha value is -3.55. The number of imidazole rings is 1. The summed E-state index contributed by atoms with van der Waals surface area (Å²) >= 11 is 0. The molecule has 1 aliphatic heterocycles. The van der Waals surface area contributed by atoms with Gasteiger partial charge in [0.05, 0.1) is 11.0 Å². The summed E-state index contributed by atoms with van der Waals surface area (Å²) in [6, 6.07) is 7.71. The van der Waals surface area contributed by atoms with Crippen molar-refractivity contribution >= 4 is 16.6 Å². The van der Waals surface area contributed by atoms with Crippen LogP contribution in [0.15, 0.2) is 35.4 Å². The number of methoxy groups -OCH3 is 1. The molecule has 0 amide bonds. The number of rotatable bonds is 4. The zero-order chi connectivity index (χ0) is 22.1. The number of fused-ring (bicyclic) bond motifs is 3. The lowest BCUT2D eigenvalue weighted by Gasteiger charge is -2.28. The fourth-order valence-corrected chi connectivity index (χ4v) is 4.96. The molecule has 1 atom stereocenters. The van der Waals surface area contributed by atoms with Crippen molar-refractivity contribution in [1.29, 1.82) is 5.26 Å². The summed E-state index contributed by atoms with van der Waals surface area (Å²) in [5.74, 6) is 0. The van der Waals surface area contributed by atoms with Gasteiger partial charge in [0.25, 0.3) is 5.56 Å². The van der Waals surface area contributed by atoms with Crippen molar-refractivity contribution < 1.29 is 9.47 Å². The lowest BCUT2D eigenvalue weighted by molar-refractivity contribution is -0.0447. The number of ether oxygens (including phenoxy) is 2. The second kappa shape index (κ2) is 6.48. The molecule has 0 N–H and O–H groups in total. The standard InChI is InChI=1S/C22H21N7O3/c1-21(8-5-11-32-21)29-15-7-4-3-6-14(15)27-13-24-16(18(27)20(29)30)17-19(22(31-2)9-10-22)28(12-23)26-25-17/h3-4,6-7,13H,5,8-11H2,1-2H3. The Morgan fingerprint density at radius 1 is 1.19 bits per heavy atom. The third-order valence-corrected chi connectivity index (χ3v) is 6.74. The van der Waals surface area contributed by atoms with E-state index < -0.39 is 11.3 Å². The molecule has 2 aliphatic rings. The third kappa shape index (κ3) is 2.40. The van der Waals surface area contributed by atoms with Crippen molar-refractivity contribution in [2.75, 3.05) is 13.7 Å². The molecule has 32 heavy (non-hydrogen) atoms. The van der Waals surface area contributed by atoms with Crippen LogP contribution in [0.2, 0.25) is 0 Å². The summed E-state index contributed by atoms with van der Waals surface area (Å²) in [6.45, 7) is 2.55. The Balaban J connectivity index is 1.71. The highest BCUT2D eigenvalue weighted by molar-refractivity contribution is 5.85. The molecule has 162 valence electrons. The predicted octanol–water partition coefficient (Wildman–Crippen LogP) is 2.36. The molecular weight excluding hydrogens is 410 g/mol. The van der Waals surface area contributed by atoms with Gasteiger partial charge in [-0.3, -0.25) is 13.8 Å². The average Bonchev–Trinajstić information content (AvgIpc) is 3.14. The molecule has 0 bridgehead atoms. The van der Waals surface area contributed by atoms with Crippen molar-refractivity contribution in [3.63, 3.8) is 0 Å². The predicted molar refractivity (Wildman–Crippen MR) is 114 cm³/mol. The molecule has 1 saturated carbocycles. The van der Waals surface area contributed by atoms with E-state index in [2.05, 4.69) is 15.3 Å². The first-order chi connectivity index (χ1) is 15.5. The SMILES string of the molecule is COC1(c2c(-c3ncn4c3c(=O)n(C3(C)CCCO3)c3ccccc34)nnn2C#N)CC1. The highest BCUT2D eigenvalue weighted by atomic mass is 16.5. The van der Waals surface area contributed by atoms with Crippen LogP contribution >= 0.6 is 0 Å². The molecule has 10 nitrogen and oxygen atoms in total. The van der Waals surface area contributed by atoms with Gasteiger partial charge in [0.1, 0.15) is 40.3 Å². The normalized spacial score (nSPS) is 21.9. The van der Waals surface area contributed by atoms with Crippen LogP contribution in [0.3, 0.4) is 0 Å². The number of hydrogen-bond acceptors (Lipinski definition) is 7. The summed E-state index contributed by atoms with van der Waals surface area (Å²) in [4.78, 5) is 18.6. The second-order valence-electron chi connectivity index (χ2n) is 8.56. The number of hydrogen-bond donors (Lipinski definition) is 0. The van der Waals surface area contributed by atoms with Crippen LogP contribution in [0.4, 0.5) is 0 Å². The molecule has 1 unspecified atom stereocenters. The lowest BCUT2D eigenvalue weighted by atomic mass is 10.1. The van der Waals surface area contributed by atoms with E-state index in [4.69, 9.17) is 9.47 Å². The Morgan fingerprint density at radius 2 is 1.97 bits per heavy atom. The third-order valence-electron chi connectivity index (χ3n) is 6.74. The number of nitrogens with zero attached hydrogens (tertiary/aromatic N) is 7. The van der Waals surface area contributed by atoms with Crippen LogP contribution in [0.5, 0.6) is 0 Å². The minimum atomic E-state index is -0.753. The molecule has 1 aromatic carbocycles. The monoisotopic (exact) mass is 431 g/mol. The molecule has 3 aromatic heterocycles. The minimum absolute atomic E-state index is 0.222.